The second kappa shape index (κ2) is 4.95. The number of aryl methyl sites for hydroxylation is 1. The molecule has 4 nitrogen and oxygen atoms in total. The van der Waals surface area contributed by atoms with E-state index in [9.17, 15) is 8.78 Å². The predicted octanol–water partition coefficient (Wildman–Crippen LogP) is 2.85. The van der Waals surface area contributed by atoms with Crippen molar-refractivity contribution in [2.45, 2.75) is 6.92 Å². The number of nitrogens with zero attached hydrogens (tertiary/aromatic N) is 2. The second-order valence-electron chi connectivity index (χ2n) is 3.68. The zero-order chi connectivity index (χ0) is 13.1. The van der Waals surface area contributed by atoms with E-state index < -0.39 is 11.6 Å². The maximum Gasteiger partial charge on any atom is 0.149 e. The van der Waals surface area contributed by atoms with Gasteiger partial charge < -0.3 is 10.6 Å². The summed E-state index contributed by atoms with van der Waals surface area (Å²) in [5.74, 6) is 0.321. The molecule has 0 spiro atoms. The van der Waals surface area contributed by atoms with E-state index in [2.05, 4.69) is 20.6 Å². The monoisotopic (exact) mass is 250 g/mol. The minimum atomic E-state index is -0.669. The molecule has 0 atom stereocenters. The Hall–Kier alpha value is -2.24. The summed E-state index contributed by atoms with van der Waals surface area (Å²) in [6.07, 6.45) is 0. The van der Waals surface area contributed by atoms with Crippen LogP contribution in [0.1, 0.15) is 5.82 Å². The standard InChI is InChI=1S/C12H12F2N4/c1-7-16-11(15-2)6-12(17-7)18-10-4-3-8(13)5-9(10)14/h3-6H,1-2H3,(H2,15,16,17,18). The van der Waals surface area contributed by atoms with E-state index >= 15 is 0 Å². The van der Waals surface area contributed by atoms with E-state index in [1.54, 1.807) is 20.0 Å². The molecule has 2 rings (SSSR count). The molecule has 0 bridgehead atoms. The largest absolute Gasteiger partial charge is 0.373 e. The Morgan fingerprint density at radius 2 is 1.78 bits per heavy atom. The summed E-state index contributed by atoms with van der Waals surface area (Å²) in [5.41, 5.74) is 0.163. The summed E-state index contributed by atoms with van der Waals surface area (Å²) in [5, 5.41) is 5.66. The Morgan fingerprint density at radius 1 is 1.06 bits per heavy atom. The lowest BCUT2D eigenvalue weighted by molar-refractivity contribution is 0.586. The molecule has 94 valence electrons. The number of hydrogen-bond acceptors (Lipinski definition) is 4. The van der Waals surface area contributed by atoms with Crippen LogP contribution in [0.3, 0.4) is 0 Å². The molecular weight excluding hydrogens is 238 g/mol. The molecule has 0 fully saturated rings. The van der Waals surface area contributed by atoms with Crippen LogP contribution in [0.25, 0.3) is 0 Å². The lowest BCUT2D eigenvalue weighted by Crippen LogP contribution is -2.02. The predicted molar refractivity (Wildman–Crippen MR) is 66.0 cm³/mol. The Labute approximate surface area is 103 Å². The molecule has 0 radical (unpaired) electrons. The summed E-state index contributed by atoms with van der Waals surface area (Å²) < 4.78 is 26.2. The molecule has 0 saturated heterocycles. The Bertz CT molecular complexity index is 572. The molecule has 0 aliphatic heterocycles. The van der Waals surface area contributed by atoms with E-state index in [-0.39, 0.29) is 5.69 Å². The minimum Gasteiger partial charge on any atom is -0.373 e. The van der Waals surface area contributed by atoms with E-state index in [1.165, 1.54) is 12.1 Å². The first-order chi connectivity index (χ1) is 8.58. The third-order valence-electron chi connectivity index (χ3n) is 2.29. The van der Waals surface area contributed by atoms with Crippen molar-refractivity contribution in [2.24, 2.45) is 0 Å². The number of hydrogen-bond donors (Lipinski definition) is 2. The van der Waals surface area contributed by atoms with Crippen molar-refractivity contribution in [1.29, 1.82) is 0 Å². The van der Waals surface area contributed by atoms with Crippen LogP contribution < -0.4 is 10.6 Å². The van der Waals surface area contributed by atoms with E-state index in [0.717, 1.165) is 6.07 Å². The van der Waals surface area contributed by atoms with Gasteiger partial charge in [-0.2, -0.15) is 0 Å². The van der Waals surface area contributed by atoms with Gasteiger partial charge in [0.15, 0.2) is 0 Å². The van der Waals surface area contributed by atoms with Crippen LogP contribution in [0.4, 0.5) is 26.1 Å². The topological polar surface area (TPSA) is 49.8 Å². The first-order valence-electron chi connectivity index (χ1n) is 5.34. The van der Waals surface area contributed by atoms with Gasteiger partial charge in [-0.1, -0.05) is 0 Å². The molecule has 1 aromatic heterocycles. The number of rotatable bonds is 3. The fraction of sp³-hybridized carbons (Fsp3) is 0.167. The van der Waals surface area contributed by atoms with Crippen LogP contribution in [0.5, 0.6) is 0 Å². The minimum absolute atomic E-state index is 0.163. The fourth-order valence-corrected chi connectivity index (χ4v) is 1.49. The number of nitrogens with one attached hydrogen (secondary N) is 2. The SMILES string of the molecule is CNc1cc(Nc2ccc(F)cc2F)nc(C)n1. The van der Waals surface area contributed by atoms with Gasteiger partial charge in [0, 0.05) is 19.2 Å². The number of aromatic nitrogens is 2. The van der Waals surface area contributed by atoms with Crippen LogP contribution in [0.2, 0.25) is 0 Å². The number of benzene rings is 1. The maximum absolute atomic E-state index is 13.5. The fourth-order valence-electron chi connectivity index (χ4n) is 1.49. The first-order valence-corrected chi connectivity index (χ1v) is 5.34. The smallest absolute Gasteiger partial charge is 0.149 e. The molecular formula is C12H12F2N4. The highest BCUT2D eigenvalue weighted by atomic mass is 19.1. The third-order valence-corrected chi connectivity index (χ3v) is 2.29. The van der Waals surface area contributed by atoms with Gasteiger partial charge in [-0.15, -0.1) is 0 Å². The van der Waals surface area contributed by atoms with Crippen molar-refractivity contribution in [2.75, 3.05) is 17.7 Å². The van der Waals surface area contributed by atoms with Crippen molar-refractivity contribution in [1.82, 2.24) is 9.97 Å². The van der Waals surface area contributed by atoms with Crippen molar-refractivity contribution in [3.8, 4) is 0 Å². The summed E-state index contributed by atoms with van der Waals surface area (Å²) >= 11 is 0. The zero-order valence-electron chi connectivity index (χ0n) is 9.96. The van der Waals surface area contributed by atoms with Gasteiger partial charge in [-0.25, -0.2) is 18.7 Å². The van der Waals surface area contributed by atoms with Gasteiger partial charge >= 0.3 is 0 Å². The molecule has 0 amide bonds. The van der Waals surface area contributed by atoms with E-state index in [0.29, 0.717) is 17.5 Å². The quantitative estimate of drug-likeness (QED) is 0.879. The van der Waals surface area contributed by atoms with Gasteiger partial charge in [0.05, 0.1) is 5.69 Å². The van der Waals surface area contributed by atoms with Crippen molar-refractivity contribution in [3.05, 3.63) is 41.7 Å². The zero-order valence-corrected chi connectivity index (χ0v) is 9.96. The highest BCUT2D eigenvalue weighted by Gasteiger charge is 2.06. The second-order valence-corrected chi connectivity index (χ2v) is 3.68. The summed E-state index contributed by atoms with van der Waals surface area (Å²) in [4.78, 5) is 8.23. The number of anilines is 3. The van der Waals surface area contributed by atoms with Crippen LogP contribution in [0.15, 0.2) is 24.3 Å². The maximum atomic E-state index is 13.5. The summed E-state index contributed by atoms with van der Waals surface area (Å²) in [6.45, 7) is 1.73. The lowest BCUT2D eigenvalue weighted by Gasteiger charge is -2.09. The number of halogens is 2. The molecule has 0 saturated carbocycles. The third kappa shape index (κ3) is 2.71. The highest BCUT2D eigenvalue weighted by Crippen LogP contribution is 2.20. The van der Waals surface area contributed by atoms with Crippen molar-refractivity contribution < 1.29 is 8.78 Å². The van der Waals surface area contributed by atoms with Gasteiger partial charge in [-0.3, -0.25) is 0 Å². The lowest BCUT2D eigenvalue weighted by atomic mass is 10.3. The normalized spacial score (nSPS) is 10.2. The van der Waals surface area contributed by atoms with Gasteiger partial charge in [0.25, 0.3) is 0 Å². The molecule has 6 heteroatoms. The average Bonchev–Trinajstić information content (AvgIpc) is 2.32. The average molecular weight is 250 g/mol. The molecule has 2 aromatic rings. The molecule has 0 unspecified atom stereocenters. The molecule has 1 aromatic carbocycles. The molecule has 0 aliphatic carbocycles. The molecule has 18 heavy (non-hydrogen) atoms. The Morgan fingerprint density at radius 3 is 2.44 bits per heavy atom. The molecule has 0 aliphatic rings. The van der Waals surface area contributed by atoms with E-state index in [1.807, 2.05) is 0 Å². The van der Waals surface area contributed by atoms with Crippen LogP contribution in [0, 0.1) is 18.6 Å². The van der Waals surface area contributed by atoms with E-state index in [4.69, 9.17) is 0 Å². The van der Waals surface area contributed by atoms with Crippen molar-refractivity contribution >= 4 is 17.3 Å². The van der Waals surface area contributed by atoms with Gasteiger partial charge in [-0.05, 0) is 19.1 Å². The van der Waals surface area contributed by atoms with Crippen LogP contribution in [-0.4, -0.2) is 17.0 Å². The molecule has 1 heterocycles. The van der Waals surface area contributed by atoms with Crippen LogP contribution >= 0.6 is 0 Å². The van der Waals surface area contributed by atoms with Crippen molar-refractivity contribution in [3.63, 3.8) is 0 Å². The van der Waals surface area contributed by atoms with Crippen LogP contribution in [-0.2, 0) is 0 Å². The first kappa shape index (κ1) is 12.2. The summed E-state index contributed by atoms with van der Waals surface area (Å²) in [7, 11) is 1.73. The Balaban J connectivity index is 2.30. The summed E-state index contributed by atoms with van der Waals surface area (Å²) in [6, 6.07) is 4.95. The van der Waals surface area contributed by atoms with Gasteiger partial charge in [0.1, 0.15) is 29.1 Å². The Kier molecular flexibility index (Phi) is 3.36. The molecule has 2 N–H and O–H groups in total. The highest BCUT2D eigenvalue weighted by molar-refractivity contribution is 5.59. The van der Waals surface area contributed by atoms with Gasteiger partial charge in [0.2, 0.25) is 0 Å².